The lowest BCUT2D eigenvalue weighted by molar-refractivity contribution is -0.140. The minimum Gasteiger partial charge on any atom is -0.481 e. The van der Waals surface area contributed by atoms with Gasteiger partial charge >= 0.3 is 5.97 Å². The number of nitrogens with zero attached hydrogens (tertiary/aromatic N) is 2. The molecule has 0 heterocycles. The molecule has 0 aliphatic rings. The average Bonchev–Trinajstić information content (AvgIpc) is 2.38. The third-order valence-electron chi connectivity index (χ3n) is 4.10. The van der Waals surface area contributed by atoms with Crippen LogP contribution in [0.1, 0.15) is 67.2 Å². The lowest BCUT2D eigenvalue weighted by Crippen LogP contribution is -2.47. The van der Waals surface area contributed by atoms with E-state index in [4.69, 9.17) is 5.11 Å². The summed E-state index contributed by atoms with van der Waals surface area (Å²) >= 11 is 0. The van der Waals surface area contributed by atoms with Gasteiger partial charge in [0.25, 0.3) is 0 Å². The second-order valence-corrected chi connectivity index (χ2v) is 8.34. The largest absolute Gasteiger partial charge is 0.481 e. The first kappa shape index (κ1) is 21.9. The maximum absolute atomic E-state index is 12.6. The van der Waals surface area contributed by atoms with Gasteiger partial charge in [0.1, 0.15) is 0 Å². The highest BCUT2D eigenvalue weighted by atomic mass is 16.4. The molecule has 0 aromatic rings. The molecule has 5 heteroatoms. The first-order valence-corrected chi connectivity index (χ1v) is 8.58. The highest BCUT2D eigenvalue weighted by Crippen LogP contribution is 2.19. The molecular formula is C18H36N2O3. The van der Waals surface area contributed by atoms with Crippen LogP contribution in [0.5, 0.6) is 0 Å². The van der Waals surface area contributed by atoms with Crippen LogP contribution in [0.15, 0.2) is 0 Å². The number of rotatable bonds is 9. The van der Waals surface area contributed by atoms with Crippen molar-refractivity contribution >= 4 is 11.9 Å². The molecule has 0 rings (SSSR count). The van der Waals surface area contributed by atoms with E-state index in [1.165, 1.54) is 0 Å². The molecular weight excluding hydrogens is 292 g/mol. The summed E-state index contributed by atoms with van der Waals surface area (Å²) in [6.07, 6.45) is 2.58. The summed E-state index contributed by atoms with van der Waals surface area (Å²) in [6.45, 7) is 14.6. The monoisotopic (exact) mass is 328 g/mol. The summed E-state index contributed by atoms with van der Waals surface area (Å²) in [7, 11) is 2.08. The van der Waals surface area contributed by atoms with Gasteiger partial charge in [0, 0.05) is 37.0 Å². The standard InChI is InChI=1S/C18H36N2O3/c1-17(2,3)16(23)20(12-10-8-9-11-15(21)22)14-13-19(7)18(4,5)6/h8-14H2,1-7H3,(H,21,22). The van der Waals surface area contributed by atoms with E-state index in [-0.39, 0.29) is 23.3 Å². The van der Waals surface area contributed by atoms with Crippen molar-refractivity contribution in [2.45, 2.75) is 72.8 Å². The van der Waals surface area contributed by atoms with Crippen LogP contribution in [-0.4, -0.2) is 59.0 Å². The van der Waals surface area contributed by atoms with Crippen molar-refractivity contribution in [3.8, 4) is 0 Å². The molecule has 0 aliphatic heterocycles. The van der Waals surface area contributed by atoms with Crippen molar-refractivity contribution in [1.82, 2.24) is 9.80 Å². The number of hydrogen-bond acceptors (Lipinski definition) is 3. The highest BCUT2D eigenvalue weighted by molar-refractivity contribution is 5.81. The number of amides is 1. The van der Waals surface area contributed by atoms with Crippen LogP contribution < -0.4 is 0 Å². The summed E-state index contributed by atoms with van der Waals surface area (Å²) in [5, 5.41) is 8.67. The topological polar surface area (TPSA) is 60.9 Å². The maximum Gasteiger partial charge on any atom is 0.303 e. The van der Waals surface area contributed by atoms with E-state index in [1.807, 2.05) is 25.7 Å². The fraction of sp³-hybridized carbons (Fsp3) is 0.889. The average molecular weight is 328 g/mol. The van der Waals surface area contributed by atoms with Gasteiger partial charge in [0.05, 0.1) is 0 Å². The van der Waals surface area contributed by atoms with Gasteiger partial charge in [-0.2, -0.15) is 0 Å². The molecule has 1 N–H and O–H groups in total. The van der Waals surface area contributed by atoms with Gasteiger partial charge in [-0.1, -0.05) is 27.2 Å². The predicted octanol–water partition coefficient (Wildman–Crippen LogP) is 3.24. The fourth-order valence-electron chi connectivity index (χ4n) is 2.15. The Morgan fingerprint density at radius 2 is 1.43 bits per heavy atom. The summed E-state index contributed by atoms with van der Waals surface area (Å²) in [6, 6.07) is 0. The smallest absolute Gasteiger partial charge is 0.303 e. The summed E-state index contributed by atoms with van der Waals surface area (Å²) < 4.78 is 0. The van der Waals surface area contributed by atoms with Crippen LogP contribution in [0, 0.1) is 5.41 Å². The second kappa shape index (κ2) is 9.26. The Hall–Kier alpha value is -1.10. The van der Waals surface area contributed by atoms with E-state index in [0.29, 0.717) is 19.5 Å². The number of likely N-dealkylation sites (N-methyl/N-ethyl adjacent to an activating group) is 1. The molecule has 0 aliphatic carbocycles. The summed E-state index contributed by atoms with van der Waals surface area (Å²) in [4.78, 5) is 27.3. The van der Waals surface area contributed by atoms with Gasteiger partial charge in [0.2, 0.25) is 5.91 Å². The first-order valence-electron chi connectivity index (χ1n) is 8.58. The van der Waals surface area contributed by atoms with Crippen LogP contribution >= 0.6 is 0 Å². The SMILES string of the molecule is CN(CCN(CCCCCC(=O)O)C(=O)C(C)(C)C)C(C)(C)C. The van der Waals surface area contributed by atoms with Crippen LogP contribution in [0.4, 0.5) is 0 Å². The van der Waals surface area contributed by atoms with E-state index in [9.17, 15) is 9.59 Å². The van der Waals surface area contributed by atoms with Crippen LogP contribution in [0.25, 0.3) is 0 Å². The summed E-state index contributed by atoms with van der Waals surface area (Å²) in [5.74, 6) is -0.586. The second-order valence-electron chi connectivity index (χ2n) is 8.34. The van der Waals surface area contributed by atoms with Gasteiger partial charge in [-0.05, 0) is 40.7 Å². The third-order valence-corrected chi connectivity index (χ3v) is 4.10. The molecule has 0 aromatic carbocycles. The Morgan fingerprint density at radius 3 is 1.87 bits per heavy atom. The van der Waals surface area contributed by atoms with Crippen molar-refractivity contribution in [3.63, 3.8) is 0 Å². The Bertz CT molecular complexity index is 381. The molecule has 0 spiro atoms. The van der Waals surface area contributed by atoms with E-state index in [0.717, 1.165) is 19.4 Å². The Kier molecular flexibility index (Phi) is 8.82. The van der Waals surface area contributed by atoms with Gasteiger partial charge in [0.15, 0.2) is 0 Å². The van der Waals surface area contributed by atoms with E-state index in [2.05, 4.69) is 32.7 Å². The van der Waals surface area contributed by atoms with Crippen molar-refractivity contribution in [3.05, 3.63) is 0 Å². The quantitative estimate of drug-likeness (QED) is 0.660. The maximum atomic E-state index is 12.6. The zero-order chi connectivity index (χ0) is 18.3. The van der Waals surface area contributed by atoms with Crippen molar-refractivity contribution in [1.29, 1.82) is 0 Å². The zero-order valence-corrected chi connectivity index (χ0v) is 16.1. The minimum absolute atomic E-state index is 0.0813. The Balaban J connectivity index is 4.53. The molecule has 0 bridgehead atoms. The van der Waals surface area contributed by atoms with Gasteiger partial charge < -0.3 is 10.0 Å². The number of aliphatic carboxylic acids is 1. The van der Waals surface area contributed by atoms with Crippen molar-refractivity contribution in [2.24, 2.45) is 5.41 Å². The van der Waals surface area contributed by atoms with Crippen molar-refractivity contribution < 1.29 is 14.7 Å². The molecule has 0 saturated heterocycles. The minimum atomic E-state index is -0.751. The number of unbranched alkanes of at least 4 members (excludes halogenated alkanes) is 2. The molecule has 0 aromatic heterocycles. The van der Waals surface area contributed by atoms with Crippen molar-refractivity contribution in [2.75, 3.05) is 26.7 Å². The number of hydrogen-bond donors (Lipinski definition) is 1. The molecule has 23 heavy (non-hydrogen) atoms. The molecule has 0 saturated carbocycles. The molecule has 136 valence electrons. The number of carboxylic acid groups (broad SMARTS) is 1. The van der Waals surface area contributed by atoms with E-state index < -0.39 is 5.97 Å². The third kappa shape index (κ3) is 9.59. The number of carbonyl (C=O) groups excluding carboxylic acids is 1. The lowest BCUT2D eigenvalue weighted by atomic mass is 9.94. The number of carbonyl (C=O) groups is 2. The molecule has 5 nitrogen and oxygen atoms in total. The van der Waals surface area contributed by atoms with Gasteiger partial charge in [-0.3, -0.25) is 14.5 Å². The predicted molar refractivity (Wildman–Crippen MR) is 94.5 cm³/mol. The fourth-order valence-corrected chi connectivity index (χ4v) is 2.15. The summed E-state index contributed by atoms with van der Waals surface area (Å²) in [5.41, 5.74) is -0.306. The lowest BCUT2D eigenvalue weighted by Gasteiger charge is -2.35. The zero-order valence-electron chi connectivity index (χ0n) is 16.1. The van der Waals surface area contributed by atoms with Crippen LogP contribution in [0.2, 0.25) is 0 Å². The Labute approximate surface area is 142 Å². The molecule has 0 fully saturated rings. The van der Waals surface area contributed by atoms with E-state index in [1.54, 1.807) is 0 Å². The Morgan fingerprint density at radius 1 is 0.870 bits per heavy atom. The highest BCUT2D eigenvalue weighted by Gasteiger charge is 2.27. The van der Waals surface area contributed by atoms with Crippen LogP contribution in [-0.2, 0) is 9.59 Å². The number of carboxylic acids is 1. The van der Waals surface area contributed by atoms with E-state index >= 15 is 0 Å². The van der Waals surface area contributed by atoms with Gasteiger partial charge in [-0.25, -0.2) is 0 Å². The molecule has 0 radical (unpaired) electrons. The molecule has 0 atom stereocenters. The van der Waals surface area contributed by atoms with Crippen LogP contribution in [0.3, 0.4) is 0 Å². The molecule has 0 unspecified atom stereocenters. The molecule has 1 amide bonds. The first-order chi connectivity index (χ1) is 10.4. The normalized spacial score (nSPS) is 12.5. The van der Waals surface area contributed by atoms with Gasteiger partial charge in [-0.15, -0.1) is 0 Å².